The van der Waals surface area contributed by atoms with Crippen LogP contribution in [-0.4, -0.2) is 40.8 Å². The monoisotopic (exact) mass is 417 g/mol. The molecule has 0 aliphatic carbocycles. The topological polar surface area (TPSA) is 71.0 Å². The molecule has 28 heavy (non-hydrogen) atoms. The van der Waals surface area contributed by atoms with Gasteiger partial charge in [0.2, 0.25) is 11.8 Å². The molecule has 0 radical (unpaired) electrons. The summed E-state index contributed by atoms with van der Waals surface area (Å²) in [5.41, 5.74) is 1.29. The van der Waals surface area contributed by atoms with Crippen molar-refractivity contribution >= 4 is 51.7 Å². The molecular formula is C20H20ClN3O3S. The van der Waals surface area contributed by atoms with Crippen LogP contribution >= 0.6 is 23.4 Å². The van der Waals surface area contributed by atoms with Gasteiger partial charge >= 0.3 is 0 Å². The molecule has 6 nitrogen and oxygen atoms in total. The van der Waals surface area contributed by atoms with Crippen molar-refractivity contribution in [3.05, 3.63) is 53.6 Å². The number of anilines is 1. The minimum atomic E-state index is -0.518. The van der Waals surface area contributed by atoms with Crippen LogP contribution in [0.2, 0.25) is 5.02 Å². The zero-order chi connectivity index (χ0) is 20.1. The fourth-order valence-electron chi connectivity index (χ4n) is 2.64. The van der Waals surface area contributed by atoms with Gasteiger partial charge in [-0.2, -0.15) is 0 Å². The Morgan fingerprint density at radius 3 is 2.68 bits per heavy atom. The van der Waals surface area contributed by atoms with Crippen molar-refractivity contribution in [2.45, 2.75) is 18.6 Å². The second-order valence-electron chi connectivity index (χ2n) is 6.06. The lowest BCUT2D eigenvalue weighted by atomic mass is 10.2. The molecule has 0 bridgehead atoms. The van der Waals surface area contributed by atoms with Gasteiger partial charge in [0, 0.05) is 18.5 Å². The van der Waals surface area contributed by atoms with Gasteiger partial charge < -0.3 is 10.1 Å². The second-order valence-corrected chi connectivity index (χ2v) is 7.66. The molecule has 8 heteroatoms. The number of hydrogen-bond donors (Lipinski definition) is 1. The number of rotatable bonds is 6. The van der Waals surface area contributed by atoms with E-state index >= 15 is 0 Å². The van der Waals surface area contributed by atoms with E-state index in [2.05, 4.69) is 10.3 Å². The number of amidine groups is 1. The molecule has 0 saturated carbocycles. The van der Waals surface area contributed by atoms with Gasteiger partial charge in [-0.1, -0.05) is 35.5 Å². The average molecular weight is 418 g/mol. The van der Waals surface area contributed by atoms with Crippen molar-refractivity contribution in [2.24, 2.45) is 4.99 Å². The highest BCUT2D eigenvalue weighted by Crippen LogP contribution is 2.31. The standard InChI is InChI=1S/C20H20ClN3O3S/c1-3-27-16-7-5-4-6-15(16)23-18(25)12-17-19(26)24(2)20(28-17)22-14-10-8-13(21)9-11-14/h4-11,17H,3,12H2,1-2H3,(H,23,25). The first-order chi connectivity index (χ1) is 13.5. The highest BCUT2D eigenvalue weighted by molar-refractivity contribution is 8.15. The van der Waals surface area contributed by atoms with Crippen molar-refractivity contribution < 1.29 is 14.3 Å². The van der Waals surface area contributed by atoms with Gasteiger partial charge in [0.25, 0.3) is 0 Å². The fraction of sp³-hybridized carbons (Fsp3) is 0.250. The molecule has 1 aliphatic rings. The Hall–Kier alpha value is -2.51. The summed E-state index contributed by atoms with van der Waals surface area (Å²) in [6.07, 6.45) is 0.0495. The Kier molecular flexibility index (Phi) is 6.59. The molecule has 0 spiro atoms. The molecular weight excluding hydrogens is 398 g/mol. The number of carbonyl (C=O) groups excluding carboxylic acids is 2. The molecule has 2 aromatic rings. The summed E-state index contributed by atoms with van der Waals surface area (Å²) in [7, 11) is 1.66. The number of benzene rings is 2. The van der Waals surface area contributed by atoms with E-state index in [1.807, 2.05) is 19.1 Å². The van der Waals surface area contributed by atoms with E-state index in [0.717, 1.165) is 0 Å². The normalized spacial score (nSPS) is 17.8. The Labute approximate surface area is 172 Å². The summed E-state index contributed by atoms with van der Waals surface area (Å²) in [4.78, 5) is 31.0. The number of ether oxygens (including phenoxy) is 1. The van der Waals surface area contributed by atoms with Crippen molar-refractivity contribution in [3.8, 4) is 5.75 Å². The molecule has 146 valence electrons. The summed E-state index contributed by atoms with van der Waals surface area (Å²) in [6.45, 7) is 2.38. The smallest absolute Gasteiger partial charge is 0.242 e. The van der Waals surface area contributed by atoms with Crippen molar-refractivity contribution in [1.29, 1.82) is 0 Å². The van der Waals surface area contributed by atoms with E-state index in [9.17, 15) is 9.59 Å². The first kappa shape index (κ1) is 20.2. The van der Waals surface area contributed by atoms with Gasteiger partial charge in [-0.25, -0.2) is 4.99 Å². The second kappa shape index (κ2) is 9.12. The highest BCUT2D eigenvalue weighted by Gasteiger charge is 2.37. The van der Waals surface area contributed by atoms with Gasteiger partial charge in [-0.05, 0) is 43.3 Å². The third kappa shape index (κ3) is 4.85. The highest BCUT2D eigenvalue weighted by atomic mass is 35.5. The lowest BCUT2D eigenvalue weighted by molar-refractivity contribution is -0.127. The number of halogens is 1. The zero-order valence-corrected chi connectivity index (χ0v) is 17.1. The number of hydrogen-bond acceptors (Lipinski definition) is 5. The summed E-state index contributed by atoms with van der Waals surface area (Å²) in [5.74, 6) is 0.205. The summed E-state index contributed by atoms with van der Waals surface area (Å²) >= 11 is 7.17. The van der Waals surface area contributed by atoms with E-state index < -0.39 is 5.25 Å². The number of nitrogens with zero attached hydrogens (tertiary/aromatic N) is 2. The molecule has 3 rings (SSSR count). The Morgan fingerprint density at radius 1 is 1.25 bits per heavy atom. The van der Waals surface area contributed by atoms with Crippen LogP contribution in [0.1, 0.15) is 13.3 Å². The lowest BCUT2D eigenvalue weighted by Crippen LogP contribution is -2.30. The molecule has 1 saturated heterocycles. The van der Waals surface area contributed by atoms with E-state index in [1.54, 1.807) is 43.4 Å². The van der Waals surface area contributed by atoms with Crippen LogP contribution in [0.5, 0.6) is 5.75 Å². The Morgan fingerprint density at radius 2 is 1.96 bits per heavy atom. The number of nitrogens with one attached hydrogen (secondary N) is 1. The molecule has 1 unspecified atom stereocenters. The molecule has 1 heterocycles. The molecule has 0 aromatic heterocycles. The SMILES string of the molecule is CCOc1ccccc1NC(=O)CC1SC(=Nc2ccc(Cl)cc2)N(C)C1=O. The maximum absolute atomic E-state index is 12.5. The maximum Gasteiger partial charge on any atom is 0.242 e. The van der Waals surface area contributed by atoms with Crippen LogP contribution in [0.25, 0.3) is 0 Å². The maximum atomic E-state index is 12.5. The summed E-state index contributed by atoms with van der Waals surface area (Å²) in [6, 6.07) is 14.2. The Bertz CT molecular complexity index is 902. The predicted molar refractivity (Wildman–Crippen MR) is 114 cm³/mol. The van der Waals surface area contributed by atoms with Crippen molar-refractivity contribution in [3.63, 3.8) is 0 Å². The van der Waals surface area contributed by atoms with Crippen LogP contribution in [0.15, 0.2) is 53.5 Å². The van der Waals surface area contributed by atoms with Crippen molar-refractivity contribution in [2.75, 3.05) is 19.0 Å². The molecule has 1 aliphatic heterocycles. The van der Waals surface area contributed by atoms with Crippen LogP contribution in [-0.2, 0) is 9.59 Å². The first-order valence-electron chi connectivity index (χ1n) is 8.78. The quantitative estimate of drug-likeness (QED) is 0.759. The third-order valence-electron chi connectivity index (χ3n) is 4.02. The van der Waals surface area contributed by atoms with Crippen LogP contribution < -0.4 is 10.1 Å². The van der Waals surface area contributed by atoms with Crippen LogP contribution in [0.4, 0.5) is 11.4 Å². The van der Waals surface area contributed by atoms with Crippen LogP contribution in [0, 0.1) is 0 Å². The van der Waals surface area contributed by atoms with E-state index in [4.69, 9.17) is 16.3 Å². The predicted octanol–water partition coefficient (Wildman–Crippen LogP) is 4.33. The van der Waals surface area contributed by atoms with Gasteiger partial charge in [-0.15, -0.1) is 0 Å². The van der Waals surface area contributed by atoms with Gasteiger partial charge in [0.1, 0.15) is 11.0 Å². The van der Waals surface area contributed by atoms with Gasteiger partial charge in [-0.3, -0.25) is 14.5 Å². The molecule has 2 aromatic carbocycles. The lowest BCUT2D eigenvalue weighted by Gasteiger charge is -2.12. The minimum absolute atomic E-state index is 0.0495. The third-order valence-corrected chi connectivity index (χ3v) is 5.50. The van der Waals surface area contributed by atoms with Gasteiger partial charge in [0.05, 0.1) is 18.0 Å². The number of aliphatic imine (C=N–C) groups is 1. The van der Waals surface area contributed by atoms with E-state index in [0.29, 0.717) is 33.9 Å². The minimum Gasteiger partial charge on any atom is -0.492 e. The summed E-state index contributed by atoms with van der Waals surface area (Å²) in [5, 5.41) is 3.48. The zero-order valence-electron chi connectivity index (χ0n) is 15.5. The van der Waals surface area contributed by atoms with E-state index in [-0.39, 0.29) is 18.2 Å². The largest absolute Gasteiger partial charge is 0.492 e. The van der Waals surface area contributed by atoms with Crippen LogP contribution in [0.3, 0.4) is 0 Å². The first-order valence-corrected chi connectivity index (χ1v) is 10.0. The molecule has 2 amide bonds. The van der Waals surface area contributed by atoms with E-state index in [1.165, 1.54) is 16.7 Å². The fourth-order valence-corrected chi connectivity index (χ4v) is 3.92. The van der Waals surface area contributed by atoms with Gasteiger partial charge in [0.15, 0.2) is 5.17 Å². The van der Waals surface area contributed by atoms with Crippen molar-refractivity contribution in [1.82, 2.24) is 4.90 Å². The number of carbonyl (C=O) groups is 2. The molecule has 1 fully saturated rings. The number of thioether (sulfide) groups is 1. The average Bonchev–Trinajstić information content (AvgIpc) is 2.93. The molecule has 1 N–H and O–H groups in total. The summed E-state index contributed by atoms with van der Waals surface area (Å²) < 4.78 is 5.51. The number of amides is 2. The Balaban J connectivity index is 1.67. The number of para-hydroxylation sites is 2. The molecule has 1 atom stereocenters.